The van der Waals surface area contributed by atoms with Gasteiger partial charge in [0, 0.05) is 24.7 Å². The SMILES string of the molecule is CC1Cc2ccccc2N(C(=O)CCC2CCCCN2)C1. The molecule has 114 valence electrons. The monoisotopic (exact) mass is 286 g/mol. The van der Waals surface area contributed by atoms with Crippen LogP contribution in [0, 0.1) is 5.92 Å². The summed E-state index contributed by atoms with van der Waals surface area (Å²) in [5, 5.41) is 3.53. The lowest BCUT2D eigenvalue weighted by atomic mass is 9.93. The molecule has 1 saturated heterocycles. The van der Waals surface area contributed by atoms with E-state index in [0.717, 1.165) is 31.6 Å². The van der Waals surface area contributed by atoms with Crippen molar-refractivity contribution in [3.05, 3.63) is 29.8 Å². The van der Waals surface area contributed by atoms with Gasteiger partial charge in [-0.2, -0.15) is 0 Å². The fraction of sp³-hybridized carbons (Fsp3) is 0.611. The largest absolute Gasteiger partial charge is 0.314 e. The molecule has 2 heterocycles. The maximum atomic E-state index is 12.6. The Kier molecular flexibility index (Phi) is 4.59. The van der Waals surface area contributed by atoms with Gasteiger partial charge < -0.3 is 10.2 Å². The van der Waals surface area contributed by atoms with E-state index < -0.39 is 0 Å². The summed E-state index contributed by atoms with van der Waals surface area (Å²) in [6.45, 7) is 4.22. The molecule has 1 amide bonds. The van der Waals surface area contributed by atoms with Crippen molar-refractivity contribution in [3.8, 4) is 0 Å². The Hall–Kier alpha value is -1.35. The van der Waals surface area contributed by atoms with Crippen molar-refractivity contribution in [2.24, 2.45) is 5.92 Å². The van der Waals surface area contributed by atoms with E-state index in [1.165, 1.54) is 24.8 Å². The Morgan fingerprint density at radius 2 is 2.19 bits per heavy atom. The number of anilines is 1. The summed E-state index contributed by atoms with van der Waals surface area (Å²) in [4.78, 5) is 14.7. The second-order valence-electron chi connectivity index (χ2n) is 6.63. The molecular formula is C18H26N2O. The molecule has 1 N–H and O–H groups in total. The van der Waals surface area contributed by atoms with Crippen LogP contribution in [0.1, 0.15) is 44.6 Å². The average molecular weight is 286 g/mol. The number of piperidine rings is 1. The number of nitrogens with zero attached hydrogens (tertiary/aromatic N) is 1. The normalized spacial score (nSPS) is 25.5. The van der Waals surface area contributed by atoms with Crippen molar-refractivity contribution in [2.45, 2.75) is 51.5 Å². The quantitative estimate of drug-likeness (QED) is 0.926. The summed E-state index contributed by atoms with van der Waals surface area (Å²) in [5.41, 5.74) is 2.46. The zero-order chi connectivity index (χ0) is 14.7. The number of hydrogen-bond acceptors (Lipinski definition) is 2. The molecule has 2 atom stereocenters. The molecule has 1 fully saturated rings. The minimum absolute atomic E-state index is 0.293. The molecule has 1 aromatic rings. The fourth-order valence-corrected chi connectivity index (χ4v) is 3.64. The maximum Gasteiger partial charge on any atom is 0.227 e. The third kappa shape index (κ3) is 3.46. The molecule has 0 spiro atoms. The Bertz CT molecular complexity index is 494. The predicted molar refractivity (Wildman–Crippen MR) is 86.5 cm³/mol. The summed E-state index contributed by atoms with van der Waals surface area (Å²) >= 11 is 0. The van der Waals surface area contributed by atoms with Crippen LogP contribution in [0.5, 0.6) is 0 Å². The molecule has 0 aromatic heterocycles. The Labute approximate surface area is 127 Å². The molecule has 2 unspecified atom stereocenters. The van der Waals surface area contributed by atoms with Gasteiger partial charge in [-0.3, -0.25) is 4.79 Å². The summed E-state index contributed by atoms with van der Waals surface area (Å²) in [5.74, 6) is 0.845. The third-order valence-corrected chi connectivity index (χ3v) is 4.77. The van der Waals surface area contributed by atoms with E-state index in [1.54, 1.807) is 0 Å². The van der Waals surface area contributed by atoms with E-state index in [1.807, 2.05) is 11.0 Å². The molecule has 1 aromatic carbocycles. The van der Waals surface area contributed by atoms with Crippen LogP contribution in [0.3, 0.4) is 0 Å². The highest BCUT2D eigenvalue weighted by Gasteiger charge is 2.26. The minimum atomic E-state index is 0.293. The second kappa shape index (κ2) is 6.61. The van der Waals surface area contributed by atoms with Crippen LogP contribution in [0.4, 0.5) is 5.69 Å². The van der Waals surface area contributed by atoms with Gasteiger partial charge in [0.15, 0.2) is 0 Å². The lowest BCUT2D eigenvalue weighted by molar-refractivity contribution is -0.119. The standard InChI is InChI=1S/C18H26N2O/c1-14-12-15-6-2-3-8-17(15)20(13-14)18(21)10-9-16-7-4-5-11-19-16/h2-3,6,8,14,16,19H,4-5,7,9-13H2,1H3. The maximum absolute atomic E-state index is 12.6. The van der Waals surface area contributed by atoms with Gasteiger partial charge in [0.25, 0.3) is 0 Å². The third-order valence-electron chi connectivity index (χ3n) is 4.77. The van der Waals surface area contributed by atoms with Crippen molar-refractivity contribution in [3.63, 3.8) is 0 Å². The van der Waals surface area contributed by atoms with Crippen LogP contribution in [-0.2, 0) is 11.2 Å². The van der Waals surface area contributed by atoms with E-state index in [0.29, 0.717) is 24.3 Å². The first kappa shape index (κ1) is 14.6. The molecule has 2 aliphatic rings. The number of para-hydroxylation sites is 1. The fourth-order valence-electron chi connectivity index (χ4n) is 3.64. The van der Waals surface area contributed by atoms with Gasteiger partial charge in [0.1, 0.15) is 0 Å². The smallest absolute Gasteiger partial charge is 0.227 e. The van der Waals surface area contributed by atoms with Gasteiger partial charge in [-0.25, -0.2) is 0 Å². The number of amides is 1. The van der Waals surface area contributed by atoms with Crippen LogP contribution in [-0.4, -0.2) is 25.0 Å². The van der Waals surface area contributed by atoms with E-state index >= 15 is 0 Å². The summed E-state index contributed by atoms with van der Waals surface area (Å²) in [6, 6.07) is 8.91. The second-order valence-corrected chi connectivity index (χ2v) is 6.63. The van der Waals surface area contributed by atoms with E-state index in [2.05, 4.69) is 30.4 Å². The van der Waals surface area contributed by atoms with Crippen LogP contribution < -0.4 is 10.2 Å². The number of fused-ring (bicyclic) bond motifs is 1. The number of hydrogen-bond donors (Lipinski definition) is 1. The van der Waals surface area contributed by atoms with E-state index in [-0.39, 0.29) is 0 Å². The number of benzene rings is 1. The first-order chi connectivity index (χ1) is 10.2. The molecule has 3 nitrogen and oxygen atoms in total. The van der Waals surface area contributed by atoms with Crippen molar-refractivity contribution in [2.75, 3.05) is 18.0 Å². The Balaban J connectivity index is 1.64. The van der Waals surface area contributed by atoms with Gasteiger partial charge in [0.2, 0.25) is 5.91 Å². The predicted octanol–water partition coefficient (Wildman–Crippen LogP) is 3.13. The van der Waals surface area contributed by atoms with Crippen LogP contribution in [0.25, 0.3) is 0 Å². The molecule has 0 radical (unpaired) electrons. The highest BCUT2D eigenvalue weighted by molar-refractivity contribution is 5.94. The molecular weight excluding hydrogens is 260 g/mol. The molecule has 0 aliphatic carbocycles. The van der Waals surface area contributed by atoms with Gasteiger partial charge >= 0.3 is 0 Å². The highest BCUT2D eigenvalue weighted by Crippen LogP contribution is 2.30. The molecule has 0 bridgehead atoms. The van der Waals surface area contributed by atoms with Crippen molar-refractivity contribution < 1.29 is 4.79 Å². The molecule has 3 heteroatoms. The van der Waals surface area contributed by atoms with Gasteiger partial charge in [-0.05, 0) is 49.8 Å². The zero-order valence-corrected chi connectivity index (χ0v) is 13.0. The first-order valence-corrected chi connectivity index (χ1v) is 8.35. The average Bonchev–Trinajstić information content (AvgIpc) is 2.52. The van der Waals surface area contributed by atoms with E-state index in [9.17, 15) is 4.79 Å². The minimum Gasteiger partial charge on any atom is -0.314 e. The molecule has 21 heavy (non-hydrogen) atoms. The molecule has 3 rings (SSSR count). The van der Waals surface area contributed by atoms with Gasteiger partial charge in [-0.1, -0.05) is 31.5 Å². The number of nitrogens with one attached hydrogen (secondary N) is 1. The number of rotatable bonds is 3. The summed E-state index contributed by atoms with van der Waals surface area (Å²) < 4.78 is 0. The van der Waals surface area contributed by atoms with Crippen molar-refractivity contribution in [1.29, 1.82) is 0 Å². The lowest BCUT2D eigenvalue weighted by Gasteiger charge is -2.33. The van der Waals surface area contributed by atoms with E-state index in [4.69, 9.17) is 0 Å². The highest BCUT2D eigenvalue weighted by atomic mass is 16.2. The Morgan fingerprint density at radius 1 is 1.33 bits per heavy atom. The van der Waals surface area contributed by atoms with Gasteiger partial charge in [0.05, 0.1) is 0 Å². The topological polar surface area (TPSA) is 32.3 Å². The molecule has 0 saturated carbocycles. The first-order valence-electron chi connectivity index (χ1n) is 8.35. The molecule has 2 aliphatic heterocycles. The van der Waals surface area contributed by atoms with Crippen LogP contribution in [0.15, 0.2) is 24.3 Å². The summed E-state index contributed by atoms with van der Waals surface area (Å²) in [6.07, 6.45) is 6.53. The number of carbonyl (C=O) groups excluding carboxylic acids is 1. The number of carbonyl (C=O) groups is 1. The zero-order valence-electron chi connectivity index (χ0n) is 13.0. The van der Waals surface area contributed by atoms with Crippen LogP contribution in [0.2, 0.25) is 0 Å². The van der Waals surface area contributed by atoms with Crippen LogP contribution >= 0.6 is 0 Å². The van der Waals surface area contributed by atoms with Crippen molar-refractivity contribution >= 4 is 11.6 Å². The lowest BCUT2D eigenvalue weighted by Crippen LogP contribution is -2.40. The van der Waals surface area contributed by atoms with Gasteiger partial charge in [-0.15, -0.1) is 0 Å². The van der Waals surface area contributed by atoms with Crippen molar-refractivity contribution in [1.82, 2.24) is 5.32 Å². The Morgan fingerprint density at radius 3 is 3.00 bits per heavy atom. The summed E-state index contributed by atoms with van der Waals surface area (Å²) in [7, 11) is 0.